The molecule has 0 unspecified atom stereocenters. The van der Waals surface area contributed by atoms with Crippen LogP contribution in [0.15, 0.2) is 24.4 Å². The Kier molecular flexibility index (Phi) is 4.59. The molecule has 3 heterocycles. The number of piperazine rings is 1. The minimum Gasteiger partial charge on any atom is -0.479 e. The third-order valence-electron chi connectivity index (χ3n) is 4.63. The summed E-state index contributed by atoms with van der Waals surface area (Å²) in [6.45, 7) is 2.37. The van der Waals surface area contributed by atoms with Gasteiger partial charge in [0, 0.05) is 51.6 Å². The van der Waals surface area contributed by atoms with Gasteiger partial charge in [-0.1, -0.05) is 11.3 Å². The molecule has 10 nitrogen and oxygen atoms in total. The smallest absolute Gasteiger partial charge is 0.270 e. The molecule has 0 saturated carbocycles. The lowest BCUT2D eigenvalue weighted by Gasteiger charge is -2.34. The van der Waals surface area contributed by atoms with E-state index >= 15 is 0 Å². The fourth-order valence-corrected chi connectivity index (χ4v) is 4.24. The Morgan fingerprint density at radius 3 is 2.71 bits per heavy atom. The van der Waals surface area contributed by atoms with Crippen LogP contribution >= 0.6 is 11.3 Å². The molecular weight excluding hydrogens is 384 g/mol. The van der Waals surface area contributed by atoms with Crippen LogP contribution in [-0.2, 0) is 7.05 Å². The van der Waals surface area contributed by atoms with E-state index in [0.717, 1.165) is 15.3 Å². The summed E-state index contributed by atoms with van der Waals surface area (Å²) in [4.78, 5) is 31.8. The summed E-state index contributed by atoms with van der Waals surface area (Å²) in [7, 11) is 3.24. The molecule has 28 heavy (non-hydrogen) atoms. The number of ether oxygens (including phenoxy) is 1. The van der Waals surface area contributed by atoms with Gasteiger partial charge in [-0.05, 0) is 6.07 Å². The summed E-state index contributed by atoms with van der Waals surface area (Å²) >= 11 is 1.42. The van der Waals surface area contributed by atoms with E-state index in [9.17, 15) is 14.9 Å². The quantitative estimate of drug-likeness (QED) is 0.485. The molecule has 1 aromatic carbocycles. The lowest BCUT2D eigenvalue weighted by molar-refractivity contribution is -0.384. The lowest BCUT2D eigenvalue weighted by atomic mass is 10.2. The van der Waals surface area contributed by atoms with Gasteiger partial charge in [0.15, 0.2) is 5.13 Å². The summed E-state index contributed by atoms with van der Waals surface area (Å²) in [6, 6.07) is 4.68. The number of thiazole rings is 1. The zero-order valence-corrected chi connectivity index (χ0v) is 16.2. The summed E-state index contributed by atoms with van der Waals surface area (Å²) in [5.74, 6) is 0.215. The molecule has 146 valence electrons. The van der Waals surface area contributed by atoms with Gasteiger partial charge in [0.2, 0.25) is 5.88 Å². The van der Waals surface area contributed by atoms with Gasteiger partial charge in [-0.3, -0.25) is 19.6 Å². The Labute approximate surface area is 164 Å². The van der Waals surface area contributed by atoms with Crippen molar-refractivity contribution in [2.75, 3.05) is 38.2 Å². The van der Waals surface area contributed by atoms with Crippen molar-refractivity contribution in [3.8, 4) is 5.88 Å². The number of aryl methyl sites for hydroxylation is 1. The van der Waals surface area contributed by atoms with Crippen LogP contribution in [0.1, 0.15) is 10.4 Å². The molecule has 0 N–H and O–H groups in total. The number of non-ortho nitro benzene ring substituents is 1. The Bertz CT molecular complexity index is 1050. The number of nitrogens with zero attached hydrogens (tertiary/aromatic N) is 6. The van der Waals surface area contributed by atoms with Gasteiger partial charge in [0.1, 0.15) is 5.56 Å². The van der Waals surface area contributed by atoms with Gasteiger partial charge in [0.25, 0.3) is 11.6 Å². The molecule has 1 aliphatic heterocycles. The van der Waals surface area contributed by atoms with E-state index in [0.29, 0.717) is 37.6 Å². The predicted octanol–water partition coefficient (Wildman–Crippen LogP) is 1.91. The largest absolute Gasteiger partial charge is 0.479 e. The lowest BCUT2D eigenvalue weighted by Crippen LogP contribution is -2.48. The first-order valence-corrected chi connectivity index (χ1v) is 9.45. The highest BCUT2D eigenvalue weighted by Gasteiger charge is 2.27. The van der Waals surface area contributed by atoms with Crippen molar-refractivity contribution < 1.29 is 14.5 Å². The second-order valence-electron chi connectivity index (χ2n) is 6.41. The number of amides is 1. The highest BCUT2D eigenvalue weighted by atomic mass is 32.1. The molecule has 0 bridgehead atoms. The van der Waals surface area contributed by atoms with E-state index in [2.05, 4.69) is 15.0 Å². The van der Waals surface area contributed by atoms with Crippen LogP contribution in [0.4, 0.5) is 10.8 Å². The minimum absolute atomic E-state index is 0.0588. The van der Waals surface area contributed by atoms with E-state index in [1.165, 1.54) is 24.5 Å². The van der Waals surface area contributed by atoms with Crippen molar-refractivity contribution in [3.63, 3.8) is 0 Å². The predicted molar refractivity (Wildman–Crippen MR) is 104 cm³/mol. The molecule has 4 rings (SSSR count). The Hall–Kier alpha value is -3.21. The van der Waals surface area contributed by atoms with Gasteiger partial charge >= 0.3 is 0 Å². The van der Waals surface area contributed by atoms with Gasteiger partial charge < -0.3 is 14.5 Å². The van der Waals surface area contributed by atoms with E-state index < -0.39 is 4.92 Å². The van der Waals surface area contributed by atoms with Crippen molar-refractivity contribution in [2.45, 2.75) is 0 Å². The van der Waals surface area contributed by atoms with Gasteiger partial charge in [-0.25, -0.2) is 4.98 Å². The van der Waals surface area contributed by atoms with Crippen LogP contribution in [0.5, 0.6) is 5.88 Å². The van der Waals surface area contributed by atoms with Crippen LogP contribution < -0.4 is 9.64 Å². The van der Waals surface area contributed by atoms with E-state index in [1.807, 2.05) is 0 Å². The number of nitro benzene ring substituents is 1. The normalized spacial score (nSPS) is 14.5. The summed E-state index contributed by atoms with van der Waals surface area (Å²) in [6.07, 6.45) is 1.66. The first-order valence-electron chi connectivity index (χ1n) is 8.63. The van der Waals surface area contributed by atoms with Crippen LogP contribution in [0.25, 0.3) is 10.2 Å². The molecule has 1 fully saturated rings. The summed E-state index contributed by atoms with van der Waals surface area (Å²) < 4.78 is 7.52. The van der Waals surface area contributed by atoms with Crippen LogP contribution in [0.3, 0.4) is 0 Å². The highest BCUT2D eigenvalue weighted by Crippen LogP contribution is 2.32. The third-order valence-corrected chi connectivity index (χ3v) is 5.71. The number of nitro groups is 1. The van der Waals surface area contributed by atoms with Crippen molar-refractivity contribution in [3.05, 3.63) is 40.1 Å². The average Bonchev–Trinajstić information content (AvgIpc) is 3.29. The second-order valence-corrected chi connectivity index (χ2v) is 7.42. The number of anilines is 1. The number of aromatic nitrogens is 3. The molecule has 11 heteroatoms. The maximum absolute atomic E-state index is 12.8. The number of rotatable bonds is 4. The Balaban J connectivity index is 1.47. The first-order chi connectivity index (χ1) is 13.5. The van der Waals surface area contributed by atoms with Crippen molar-refractivity contribution in [1.29, 1.82) is 0 Å². The van der Waals surface area contributed by atoms with Crippen LogP contribution in [0.2, 0.25) is 0 Å². The monoisotopic (exact) mass is 402 g/mol. The molecular formula is C17H18N6O4S. The summed E-state index contributed by atoms with van der Waals surface area (Å²) in [5, 5.41) is 15.9. The Morgan fingerprint density at radius 2 is 2.04 bits per heavy atom. The molecule has 0 aliphatic carbocycles. The van der Waals surface area contributed by atoms with Crippen molar-refractivity contribution >= 4 is 38.3 Å². The molecule has 0 spiro atoms. The van der Waals surface area contributed by atoms with E-state index in [4.69, 9.17) is 4.74 Å². The fourth-order valence-electron chi connectivity index (χ4n) is 3.19. The molecule has 2 aromatic heterocycles. The zero-order valence-electron chi connectivity index (χ0n) is 15.4. The molecule has 1 saturated heterocycles. The van der Waals surface area contributed by atoms with Gasteiger partial charge in [0.05, 0.1) is 22.2 Å². The second kappa shape index (κ2) is 7.08. The molecule has 3 aromatic rings. The number of hydrogen-bond donors (Lipinski definition) is 0. The molecule has 1 amide bonds. The standard InChI is InChI=1S/C17H18N6O4S/c1-20-10-12(15(19-20)27-2)16(24)21-5-7-22(8-6-21)17-18-13-4-3-11(23(25)26)9-14(13)28-17/h3-4,9-10H,5-8H2,1-2H3. The number of methoxy groups -OCH3 is 1. The van der Waals surface area contributed by atoms with Crippen LogP contribution in [0, 0.1) is 10.1 Å². The SMILES string of the molecule is COc1nn(C)cc1C(=O)N1CCN(c2nc3ccc([N+](=O)[O-])cc3s2)CC1. The fraction of sp³-hybridized carbons (Fsp3) is 0.353. The number of fused-ring (bicyclic) bond motifs is 1. The Morgan fingerprint density at radius 1 is 1.29 bits per heavy atom. The zero-order chi connectivity index (χ0) is 19.8. The molecule has 0 atom stereocenters. The maximum atomic E-state index is 12.8. The van der Waals surface area contributed by atoms with Gasteiger partial charge in [-0.15, -0.1) is 5.10 Å². The van der Waals surface area contributed by atoms with E-state index in [-0.39, 0.29) is 11.6 Å². The third kappa shape index (κ3) is 3.24. The topological polar surface area (TPSA) is 107 Å². The average molecular weight is 402 g/mol. The van der Waals surface area contributed by atoms with Gasteiger partial charge in [-0.2, -0.15) is 0 Å². The minimum atomic E-state index is -0.407. The van der Waals surface area contributed by atoms with Crippen molar-refractivity contribution in [2.24, 2.45) is 7.05 Å². The summed E-state index contributed by atoms with van der Waals surface area (Å²) in [5.41, 5.74) is 1.25. The number of carbonyl (C=O) groups excluding carboxylic acids is 1. The highest BCUT2D eigenvalue weighted by molar-refractivity contribution is 7.22. The molecule has 0 radical (unpaired) electrons. The van der Waals surface area contributed by atoms with Crippen LogP contribution in [-0.4, -0.2) is 63.8 Å². The first kappa shape index (κ1) is 18.2. The number of carbonyl (C=O) groups is 1. The van der Waals surface area contributed by atoms with E-state index in [1.54, 1.807) is 35.0 Å². The number of benzene rings is 1. The maximum Gasteiger partial charge on any atom is 0.270 e. The molecule has 1 aliphatic rings. The number of hydrogen-bond acceptors (Lipinski definition) is 8. The van der Waals surface area contributed by atoms with Crippen molar-refractivity contribution in [1.82, 2.24) is 19.7 Å².